The second-order valence-corrected chi connectivity index (χ2v) is 6.98. The van der Waals surface area contributed by atoms with Gasteiger partial charge < -0.3 is 4.74 Å². The number of ketones is 1. The minimum absolute atomic E-state index is 0.0416. The summed E-state index contributed by atoms with van der Waals surface area (Å²) in [6.45, 7) is 4.26. The minimum atomic E-state index is 0.0416. The predicted octanol–water partition coefficient (Wildman–Crippen LogP) is 3.77. The van der Waals surface area contributed by atoms with E-state index in [-0.39, 0.29) is 11.5 Å². The number of hydrogen-bond donors (Lipinski definition) is 0. The van der Waals surface area contributed by atoms with Crippen LogP contribution in [0.1, 0.15) is 35.7 Å². The van der Waals surface area contributed by atoms with Gasteiger partial charge in [-0.25, -0.2) is 0 Å². The lowest BCUT2D eigenvalue weighted by molar-refractivity contribution is 0.102. The number of carbonyl (C=O) groups excluding carboxylic acids is 1. The Morgan fingerprint density at radius 2 is 1.88 bits per heavy atom. The molecule has 0 radical (unpaired) electrons. The van der Waals surface area contributed by atoms with Crippen LogP contribution in [0.5, 0.6) is 5.75 Å². The first-order valence-corrected chi connectivity index (χ1v) is 9.26. The molecule has 0 unspecified atom stereocenters. The quantitative estimate of drug-likeness (QED) is 0.467. The lowest BCUT2D eigenvalue weighted by Crippen LogP contribution is -2.06. The van der Waals surface area contributed by atoms with Crippen LogP contribution in [0.3, 0.4) is 0 Å². The molecule has 2 aromatic carbocycles. The summed E-state index contributed by atoms with van der Waals surface area (Å²) in [6, 6.07) is 15.2. The van der Waals surface area contributed by atoms with Crippen LogP contribution in [-0.2, 0) is 0 Å². The number of ether oxygens (including phenoxy) is 1. The summed E-state index contributed by atoms with van der Waals surface area (Å²) in [5, 5.41) is 12.3. The Labute approximate surface area is 156 Å². The van der Waals surface area contributed by atoms with Crippen molar-refractivity contribution in [1.29, 1.82) is 0 Å². The van der Waals surface area contributed by atoms with Crippen molar-refractivity contribution in [2.24, 2.45) is 0 Å². The highest BCUT2D eigenvalue weighted by Gasteiger charge is 2.15. The molecule has 0 bridgehead atoms. The van der Waals surface area contributed by atoms with E-state index in [0.717, 1.165) is 5.69 Å². The lowest BCUT2D eigenvalue weighted by Gasteiger charge is -2.09. The van der Waals surface area contributed by atoms with Crippen LogP contribution in [0.15, 0.2) is 53.7 Å². The van der Waals surface area contributed by atoms with Crippen molar-refractivity contribution >= 4 is 17.5 Å². The topological polar surface area (TPSA) is 69.9 Å². The number of benzene rings is 2. The summed E-state index contributed by atoms with van der Waals surface area (Å²) in [6.07, 6.45) is 0. The lowest BCUT2D eigenvalue weighted by atomic mass is 10.0. The van der Waals surface area contributed by atoms with Crippen molar-refractivity contribution in [3.63, 3.8) is 0 Å². The van der Waals surface area contributed by atoms with Gasteiger partial charge in [-0.1, -0.05) is 62.0 Å². The van der Waals surface area contributed by atoms with Crippen LogP contribution >= 0.6 is 11.8 Å². The van der Waals surface area contributed by atoms with Crippen LogP contribution in [0.25, 0.3) is 5.69 Å². The highest BCUT2D eigenvalue weighted by atomic mass is 32.2. The maximum absolute atomic E-state index is 12.5. The summed E-state index contributed by atoms with van der Waals surface area (Å²) >= 11 is 1.30. The molecule has 0 atom stereocenters. The van der Waals surface area contributed by atoms with Crippen molar-refractivity contribution in [3.05, 3.63) is 59.7 Å². The van der Waals surface area contributed by atoms with Gasteiger partial charge >= 0.3 is 0 Å². The molecule has 6 nitrogen and oxygen atoms in total. The van der Waals surface area contributed by atoms with E-state index in [2.05, 4.69) is 29.4 Å². The number of tetrazole rings is 1. The van der Waals surface area contributed by atoms with Crippen molar-refractivity contribution in [3.8, 4) is 11.4 Å². The fourth-order valence-electron chi connectivity index (χ4n) is 2.49. The van der Waals surface area contributed by atoms with Gasteiger partial charge in [0.05, 0.1) is 12.9 Å². The van der Waals surface area contributed by atoms with Gasteiger partial charge in [-0.3, -0.25) is 4.79 Å². The summed E-state index contributed by atoms with van der Waals surface area (Å²) < 4.78 is 6.94. The number of nitrogens with zero attached hydrogens (tertiary/aromatic N) is 4. The molecule has 0 saturated carbocycles. The molecule has 3 aromatic rings. The number of thioether (sulfide) groups is 1. The average molecular weight is 368 g/mol. The molecule has 0 spiro atoms. The van der Waals surface area contributed by atoms with Gasteiger partial charge in [-0.15, -0.1) is 5.10 Å². The van der Waals surface area contributed by atoms with Gasteiger partial charge in [0.25, 0.3) is 0 Å². The molecule has 1 aromatic heterocycles. The first-order chi connectivity index (χ1) is 12.6. The number of Topliss-reactive ketones (excluding diaryl/α,β-unsaturated/α-hetero) is 1. The van der Waals surface area contributed by atoms with Crippen molar-refractivity contribution in [2.75, 3.05) is 12.9 Å². The molecule has 26 heavy (non-hydrogen) atoms. The van der Waals surface area contributed by atoms with Crippen LogP contribution in [0, 0.1) is 0 Å². The third kappa shape index (κ3) is 3.94. The van der Waals surface area contributed by atoms with E-state index in [1.165, 1.54) is 17.3 Å². The normalized spacial score (nSPS) is 10.9. The molecule has 134 valence electrons. The summed E-state index contributed by atoms with van der Waals surface area (Å²) in [5.74, 6) is 1.41. The Morgan fingerprint density at radius 3 is 2.58 bits per heavy atom. The van der Waals surface area contributed by atoms with Crippen molar-refractivity contribution < 1.29 is 9.53 Å². The van der Waals surface area contributed by atoms with Gasteiger partial charge in [-0.2, -0.15) is 4.68 Å². The molecular formula is C19H20N4O2S. The molecule has 0 N–H and O–H groups in total. The highest BCUT2D eigenvalue weighted by molar-refractivity contribution is 7.99. The van der Waals surface area contributed by atoms with E-state index in [1.807, 2.05) is 48.5 Å². The van der Waals surface area contributed by atoms with Crippen LogP contribution in [0.2, 0.25) is 0 Å². The number of para-hydroxylation sites is 2. The fourth-order valence-corrected chi connectivity index (χ4v) is 3.27. The Bertz CT molecular complexity index is 891. The molecule has 0 aliphatic heterocycles. The van der Waals surface area contributed by atoms with Gasteiger partial charge in [-0.05, 0) is 34.0 Å². The Morgan fingerprint density at radius 1 is 1.15 bits per heavy atom. The zero-order valence-electron chi connectivity index (χ0n) is 14.9. The number of methoxy groups -OCH3 is 1. The van der Waals surface area contributed by atoms with E-state index in [4.69, 9.17) is 4.74 Å². The smallest absolute Gasteiger partial charge is 0.214 e. The van der Waals surface area contributed by atoms with Crippen molar-refractivity contribution in [1.82, 2.24) is 20.2 Å². The van der Waals surface area contributed by atoms with Gasteiger partial charge in [0.1, 0.15) is 11.4 Å². The van der Waals surface area contributed by atoms with Crippen LogP contribution in [0.4, 0.5) is 0 Å². The van der Waals surface area contributed by atoms with Crippen LogP contribution in [-0.4, -0.2) is 38.9 Å². The fraction of sp³-hybridized carbons (Fsp3) is 0.263. The Balaban J connectivity index is 1.73. The van der Waals surface area contributed by atoms with E-state index in [9.17, 15) is 4.79 Å². The zero-order valence-corrected chi connectivity index (χ0v) is 15.7. The molecule has 0 saturated heterocycles. The molecule has 1 heterocycles. The SMILES string of the molecule is COc1ccccc1-n1nnnc1SCC(=O)c1ccc(C(C)C)cc1. The highest BCUT2D eigenvalue weighted by Crippen LogP contribution is 2.26. The zero-order chi connectivity index (χ0) is 18.5. The molecular weight excluding hydrogens is 348 g/mol. The summed E-state index contributed by atoms with van der Waals surface area (Å²) in [4.78, 5) is 12.5. The average Bonchev–Trinajstić information content (AvgIpc) is 3.14. The number of hydrogen-bond acceptors (Lipinski definition) is 6. The standard InChI is InChI=1S/C19H20N4O2S/c1-13(2)14-8-10-15(11-9-14)17(24)12-26-19-20-21-22-23(19)16-6-4-5-7-18(16)25-3/h4-11,13H,12H2,1-3H3. The summed E-state index contributed by atoms with van der Waals surface area (Å²) in [5.41, 5.74) is 2.64. The van der Waals surface area contributed by atoms with E-state index in [0.29, 0.717) is 22.4 Å². The molecule has 0 fully saturated rings. The summed E-state index contributed by atoms with van der Waals surface area (Å²) in [7, 11) is 1.60. The third-order valence-corrected chi connectivity index (χ3v) is 4.91. The second-order valence-electron chi connectivity index (χ2n) is 6.03. The maximum atomic E-state index is 12.5. The second kappa shape index (κ2) is 8.14. The van der Waals surface area contributed by atoms with Gasteiger partial charge in [0.15, 0.2) is 5.78 Å². The van der Waals surface area contributed by atoms with E-state index < -0.39 is 0 Å². The van der Waals surface area contributed by atoms with Gasteiger partial charge in [0.2, 0.25) is 5.16 Å². The maximum Gasteiger partial charge on any atom is 0.214 e. The monoisotopic (exact) mass is 368 g/mol. The molecule has 3 rings (SSSR count). The van der Waals surface area contributed by atoms with Gasteiger partial charge in [0, 0.05) is 5.56 Å². The number of carbonyl (C=O) groups is 1. The number of aromatic nitrogens is 4. The third-order valence-electron chi connectivity index (χ3n) is 3.99. The Hall–Kier alpha value is -2.67. The first kappa shape index (κ1) is 18.1. The van der Waals surface area contributed by atoms with Crippen LogP contribution < -0.4 is 4.74 Å². The molecule has 7 heteroatoms. The van der Waals surface area contributed by atoms with Crippen molar-refractivity contribution in [2.45, 2.75) is 24.9 Å². The molecule has 0 aliphatic carbocycles. The number of rotatable bonds is 7. The van der Waals surface area contributed by atoms with E-state index in [1.54, 1.807) is 11.8 Å². The molecule has 0 amide bonds. The largest absolute Gasteiger partial charge is 0.494 e. The molecule has 0 aliphatic rings. The first-order valence-electron chi connectivity index (χ1n) is 8.28. The Kier molecular flexibility index (Phi) is 5.68. The predicted molar refractivity (Wildman–Crippen MR) is 101 cm³/mol. The van der Waals surface area contributed by atoms with E-state index >= 15 is 0 Å². The minimum Gasteiger partial charge on any atom is -0.494 e.